The van der Waals surface area contributed by atoms with Crippen LogP contribution in [0.4, 0.5) is 10.5 Å². The minimum atomic E-state index is -1.06. The van der Waals surface area contributed by atoms with Crippen LogP contribution < -0.4 is 15.4 Å². The van der Waals surface area contributed by atoms with Crippen LogP contribution in [0.1, 0.15) is 52.6 Å². The third-order valence-corrected chi connectivity index (χ3v) is 5.35. The Morgan fingerprint density at radius 2 is 1.62 bits per heavy atom. The summed E-state index contributed by atoms with van der Waals surface area (Å²) in [7, 11) is 1.55. The molecule has 2 rings (SSSR count). The lowest BCUT2D eigenvalue weighted by atomic mass is 9.99. The van der Waals surface area contributed by atoms with E-state index >= 15 is 0 Å². The van der Waals surface area contributed by atoms with Gasteiger partial charge >= 0.3 is 6.09 Å². The largest absolute Gasteiger partial charge is 0.497 e. The number of carbonyl (C=O) groups excluding carboxylic acids is 3. The first-order chi connectivity index (χ1) is 17.4. The topological polar surface area (TPSA) is 117 Å². The summed E-state index contributed by atoms with van der Waals surface area (Å²) in [4.78, 5) is 41.4. The van der Waals surface area contributed by atoms with Gasteiger partial charge in [-0.15, -0.1) is 0 Å². The van der Waals surface area contributed by atoms with Crippen LogP contribution in [-0.4, -0.2) is 59.8 Å². The Bertz CT molecular complexity index is 1020. The fourth-order valence-electron chi connectivity index (χ4n) is 3.81. The Labute approximate surface area is 219 Å². The summed E-state index contributed by atoms with van der Waals surface area (Å²) < 4.78 is 10.5. The highest BCUT2D eigenvalue weighted by Gasteiger charge is 2.36. The molecule has 0 saturated carbocycles. The van der Waals surface area contributed by atoms with Crippen molar-refractivity contribution in [2.75, 3.05) is 25.6 Å². The number of methoxy groups -OCH3 is 1. The Balaban J connectivity index is 2.43. The van der Waals surface area contributed by atoms with E-state index in [1.165, 1.54) is 4.90 Å². The van der Waals surface area contributed by atoms with E-state index in [9.17, 15) is 19.5 Å². The van der Waals surface area contributed by atoms with Crippen LogP contribution in [-0.2, 0) is 14.3 Å². The van der Waals surface area contributed by atoms with Crippen molar-refractivity contribution < 1.29 is 29.0 Å². The van der Waals surface area contributed by atoms with E-state index in [1.54, 1.807) is 76.4 Å². The highest BCUT2D eigenvalue weighted by molar-refractivity contribution is 5.99. The van der Waals surface area contributed by atoms with Gasteiger partial charge < -0.3 is 30.1 Å². The molecule has 2 unspecified atom stereocenters. The first kappa shape index (κ1) is 29.6. The second-order valence-electron chi connectivity index (χ2n) is 10.1. The number of carbonyl (C=O) groups is 3. The standard InChI is InChI=1S/C28H39N3O6/c1-19(2)18-23(30-27(35)37-28(3,4)5)26(34)31(16-17-32)24(20-10-8-7-9-11-20)25(33)29-21-12-14-22(36-6)15-13-21/h7-15,19,23-24,32H,16-18H2,1-6H3,(H,29,33)(H,30,35). The molecular weight excluding hydrogens is 474 g/mol. The summed E-state index contributed by atoms with van der Waals surface area (Å²) in [6.07, 6.45) is -0.406. The second kappa shape index (κ2) is 13.6. The van der Waals surface area contributed by atoms with Crippen molar-refractivity contribution in [2.45, 2.75) is 58.7 Å². The van der Waals surface area contributed by atoms with Gasteiger partial charge in [0.25, 0.3) is 5.91 Å². The number of amides is 3. The minimum Gasteiger partial charge on any atom is -0.497 e. The Kier molecular flexibility index (Phi) is 10.9. The van der Waals surface area contributed by atoms with Gasteiger partial charge in [0.2, 0.25) is 5.91 Å². The van der Waals surface area contributed by atoms with Gasteiger partial charge in [-0.05, 0) is 62.9 Å². The third kappa shape index (κ3) is 9.42. The van der Waals surface area contributed by atoms with E-state index in [0.717, 1.165) is 0 Å². The molecule has 2 aromatic carbocycles. The molecule has 202 valence electrons. The van der Waals surface area contributed by atoms with Crippen molar-refractivity contribution in [1.29, 1.82) is 0 Å². The predicted molar refractivity (Wildman–Crippen MR) is 142 cm³/mol. The Morgan fingerprint density at radius 1 is 1.00 bits per heavy atom. The molecule has 3 N–H and O–H groups in total. The molecule has 0 aliphatic rings. The number of aliphatic hydroxyl groups excluding tert-OH is 1. The van der Waals surface area contributed by atoms with Crippen LogP contribution in [0.3, 0.4) is 0 Å². The van der Waals surface area contributed by atoms with Crippen LogP contribution in [0.5, 0.6) is 5.75 Å². The number of nitrogens with one attached hydrogen (secondary N) is 2. The maximum atomic E-state index is 13.9. The van der Waals surface area contributed by atoms with Gasteiger partial charge in [0.1, 0.15) is 23.4 Å². The summed E-state index contributed by atoms with van der Waals surface area (Å²) >= 11 is 0. The number of anilines is 1. The average Bonchev–Trinajstić information content (AvgIpc) is 2.82. The molecule has 0 aliphatic carbocycles. The third-order valence-electron chi connectivity index (χ3n) is 5.35. The Hall–Kier alpha value is -3.59. The number of benzene rings is 2. The molecule has 37 heavy (non-hydrogen) atoms. The highest BCUT2D eigenvalue weighted by Crippen LogP contribution is 2.26. The summed E-state index contributed by atoms with van der Waals surface area (Å²) in [5.74, 6) is -0.256. The maximum Gasteiger partial charge on any atom is 0.408 e. The number of nitrogens with zero attached hydrogens (tertiary/aromatic N) is 1. The number of rotatable bonds is 11. The highest BCUT2D eigenvalue weighted by atomic mass is 16.6. The predicted octanol–water partition coefficient (Wildman–Crippen LogP) is 4.14. The molecule has 0 bridgehead atoms. The van der Waals surface area contributed by atoms with Gasteiger partial charge in [0.15, 0.2) is 0 Å². The Morgan fingerprint density at radius 3 is 2.14 bits per heavy atom. The van der Waals surface area contributed by atoms with Crippen LogP contribution in [0.2, 0.25) is 0 Å². The number of alkyl carbamates (subject to hydrolysis) is 1. The van der Waals surface area contributed by atoms with Crippen molar-refractivity contribution in [3.63, 3.8) is 0 Å². The fourth-order valence-corrected chi connectivity index (χ4v) is 3.81. The lowest BCUT2D eigenvalue weighted by molar-refractivity contribution is -0.141. The van der Waals surface area contributed by atoms with Crippen LogP contribution in [0.15, 0.2) is 54.6 Å². The monoisotopic (exact) mass is 513 g/mol. The minimum absolute atomic E-state index is 0.0585. The number of aliphatic hydroxyl groups is 1. The van der Waals surface area contributed by atoms with Crippen molar-refractivity contribution in [2.24, 2.45) is 5.92 Å². The normalized spacial score (nSPS) is 12.9. The van der Waals surface area contributed by atoms with E-state index in [-0.39, 0.29) is 19.1 Å². The maximum absolute atomic E-state index is 13.9. The van der Waals surface area contributed by atoms with Crippen molar-refractivity contribution >= 4 is 23.6 Å². The molecule has 0 heterocycles. The van der Waals surface area contributed by atoms with Gasteiger partial charge in [-0.2, -0.15) is 0 Å². The van der Waals surface area contributed by atoms with E-state index in [1.807, 2.05) is 19.9 Å². The second-order valence-corrected chi connectivity index (χ2v) is 10.1. The summed E-state index contributed by atoms with van der Waals surface area (Å²) in [5, 5.41) is 15.4. The SMILES string of the molecule is COc1ccc(NC(=O)C(c2ccccc2)N(CCO)C(=O)C(CC(C)C)NC(=O)OC(C)(C)C)cc1. The van der Waals surface area contributed by atoms with Gasteiger partial charge in [-0.1, -0.05) is 44.2 Å². The van der Waals surface area contributed by atoms with E-state index in [0.29, 0.717) is 23.4 Å². The number of hydrogen-bond acceptors (Lipinski definition) is 6. The molecule has 2 atom stereocenters. The first-order valence-electron chi connectivity index (χ1n) is 12.4. The molecule has 9 nitrogen and oxygen atoms in total. The molecule has 0 aromatic heterocycles. The first-order valence-corrected chi connectivity index (χ1v) is 12.4. The van der Waals surface area contributed by atoms with Gasteiger partial charge in [0, 0.05) is 12.2 Å². The number of ether oxygens (including phenoxy) is 2. The molecule has 0 saturated heterocycles. The van der Waals surface area contributed by atoms with Crippen LogP contribution in [0, 0.1) is 5.92 Å². The van der Waals surface area contributed by atoms with Crippen molar-refractivity contribution in [1.82, 2.24) is 10.2 Å². The van der Waals surface area contributed by atoms with Crippen LogP contribution in [0.25, 0.3) is 0 Å². The molecule has 9 heteroatoms. The molecule has 0 aliphatic heterocycles. The smallest absolute Gasteiger partial charge is 0.408 e. The molecule has 0 fully saturated rings. The van der Waals surface area contributed by atoms with E-state index in [4.69, 9.17) is 9.47 Å². The number of hydrogen-bond donors (Lipinski definition) is 3. The van der Waals surface area contributed by atoms with E-state index in [2.05, 4.69) is 10.6 Å². The van der Waals surface area contributed by atoms with Gasteiger partial charge in [0.05, 0.1) is 13.7 Å². The fraction of sp³-hybridized carbons (Fsp3) is 0.464. The van der Waals surface area contributed by atoms with Crippen molar-refractivity contribution in [3.8, 4) is 5.75 Å². The van der Waals surface area contributed by atoms with Gasteiger partial charge in [-0.25, -0.2) is 4.79 Å². The zero-order chi connectivity index (χ0) is 27.6. The summed E-state index contributed by atoms with van der Waals surface area (Å²) in [6, 6.07) is 13.7. The lowest BCUT2D eigenvalue weighted by Crippen LogP contribution is -2.53. The molecule has 0 radical (unpaired) electrons. The van der Waals surface area contributed by atoms with Crippen LogP contribution >= 0.6 is 0 Å². The quantitative estimate of drug-likeness (QED) is 0.416. The molecule has 0 spiro atoms. The molecular formula is C28H39N3O6. The van der Waals surface area contributed by atoms with Crippen molar-refractivity contribution in [3.05, 3.63) is 60.2 Å². The zero-order valence-electron chi connectivity index (χ0n) is 22.5. The molecule has 2 aromatic rings. The zero-order valence-corrected chi connectivity index (χ0v) is 22.5. The summed E-state index contributed by atoms with van der Waals surface area (Å²) in [5.41, 5.74) is 0.343. The van der Waals surface area contributed by atoms with E-state index < -0.39 is 35.6 Å². The molecule has 3 amide bonds. The lowest BCUT2D eigenvalue weighted by Gasteiger charge is -2.34. The van der Waals surface area contributed by atoms with Gasteiger partial charge in [-0.3, -0.25) is 9.59 Å². The average molecular weight is 514 g/mol. The summed E-state index contributed by atoms with van der Waals surface area (Å²) in [6.45, 7) is 8.58.